The first-order valence-corrected chi connectivity index (χ1v) is 14.1. The van der Waals surface area contributed by atoms with Crippen molar-refractivity contribution < 1.29 is 19.1 Å². The van der Waals surface area contributed by atoms with Crippen molar-refractivity contribution in [1.29, 1.82) is 0 Å². The molecular weight excluding hydrogens is 504 g/mol. The van der Waals surface area contributed by atoms with Gasteiger partial charge in [0.2, 0.25) is 5.91 Å². The zero-order valence-electron chi connectivity index (χ0n) is 23.5. The van der Waals surface area contributed by atoms with Crippen LogP contribution in [0, 0.1) is 6.92 Å². The van der Waals surface area contributed by atoms with Gasteiger partial charge in [-0.1, -0.05) is 31.2 Å². The van der Waals surface area contributed by atoms with E-state index in [1.165, 1.54) is 5.56 Å². The van der Waals surface area contributed by atoms with Crippen LogP contribution < -0.4 is 20.1 Å². The van der Waals surface area contributed by atoms with Gasteiger partial charge in [0.15, 0.2) is 6.61 Å². The van der Waals surface area contributed by atoms with Gasteiger partial charge in [-0.05, 0) is 85.2 Å². The molecule has 212 valence electrons. The summed E-state index contributed by atoms with van der Waals surface area (Å²) in [4.78, 5) is 32.1. The predicted octanol–water partition coefficient (Wildman–Crippen LogP) is 4.54. The summed E-state index contributed by atoms with van der Waals surface area (Å²) in [6.45, 7) is 7.04. The molecule has 0 unspecified atom stereocenters. The molecule has 1 aliphatic rings. The number of nitrogens with one attached hydrogen (secondary N) is 2. The van der Waals surface area contributed by atoms with E-state index in [0.717, 1.165) is 48.2 Å². The Bertz CT molecular complexity index is 1230. The zero-order chi connectivity index (χ0) is 28.2. The Morgan fingerprint density at radius 2 is 1.73 bits per heavy atom. The lowest BCUT2D eigenvalue weighted by molar-refractivity contribution is -0.142. The average Bonchev–Trinajstić information content (AvgIpc) is 3.19. The van der Waals surface area contributed by atoms with Crippen molar-refractivity contribution in [2.75, 3.05) is 19.8 Å². The summed E-state index contributed by atoms with van der Waals surface area (Å²) in [6, 6.07) is 17.1. The Morgan fingerprint density at radius 3 is 2.45 bits per heavy atom. The Morgan fingerprint density at radius 1 is 1.00 bits per heavy atom. The molecule has 8 heteroatoms. The highest BCUT2D eigenvalue weighted by molar-refractivity contribution is 5.88. The van der Waals surface area contributed by atoms with Gasteiger partial charge < -0.3 is 25.0 Å². The number of ether oxygens (including phenoxy) is 2. The second kappa shape index (κ2) is 15.0. The van der Waals surface area contributed by atoms with Crippen molar-refractivity contribution >= 4 is 11.8 Å². The largest absolute Gasteiger partial charge is 0.493 e. The van der Waals surface area contributed by atoms with Gasteiger partial charge in [-0.3, -0.25) is 14.6 Å². The number of benzene rings is 2. The molecule has 2 amide bonds. The fraction of sp³-hybridized carbons (Fsp3) is 0.406. The maximum absolute atomic E-state index is 13.5. The van der Waals surface area contributed by atoms with E-state index in [0.29, 0.717) is 38.4 Å². The number of nitrogens with zero attached hydrogens (tertiary/aromatic N) is 2. The first kappa shape index (κ1) is 29.1. The topological polar surface area (TPSA) is 92.8 Å². The smallest absolute Gasteiger partial charge is 0.261 e. The molecule has 4 rings (SSSR count). The molecule has 1 aromatic heterocycles. The molecule has 3 aromatic rings. The molecule has 1 atom stereocenters. The van der Waals surface area contributed by atoms with E-state index in [9.17, 15) is 9.59 Å². The van der Waals surface area contributed by atoms with Crippen LogP contribution in [-0.4, -0.2) is 47.5 Å². The minimum absolute atomic E-state index is 0.103. The number of hydrogen-bond acceptors (Lipinski definition) is 6. The lowest BCUT2D eigenvalue weighted by atomic mass is 10.1. The van der Waals surface area contributed by atoms with E-state index in [2.05, 4.69) is 22.5 Å². The van der Waals surface area contributed by atoms with Gasteiger partial charge >= 0.3 is 0 Å². The highest BCUT2D eigenvalue weighted by Gasteiger charge is 2.31. The third-order valence-electron chi connectivity index (χ3n) is 6.95. The van der Waals surface area contributed by atoms with E-state index < -0.39 is 6.04 Å². The third-order valence-corrected chi connectivity index (χ3v) is 6.95. The van der Waals surface area contributed by atoms with E-state index in [1.54, 1.807) is 17.3 Å². The van der Waals surface area contributed by atoms with Crippen LogP contribution in [0.3, 0.4) is 0 Å². The molecule has 2 aromatic carbocycles. The molecule has 8 nitrogen and oxygen atoms in total. The quantitative estimate of drug-likeness (QED) is 0.328. The molecule has 40 heavy (non-hydrogen) atoms. The first-order valence-electron chi connectivity index (χ1n) is 14.1. The number of carbonyl (C=O) groups excluding carboxylic acids is 2. The zero-order valence-corrected chi connectivity index (χ0v) is 23.5. The lowest BCUT2D eigenvalue weighted by Gasteiger charge is -2.30. The van der Waals surface area contributed by atoms with E-state index in [4.69, 9.17) is 9.47 Å². The highest BCUT2D eigenvalue weighted by atomic mass is 16.5. The summed E-state index contributed by atoms with van der Waals surface area (Å²) in [5.41, 5.74) is 4.26. The highest BCUT2D eigenvalue weighted by Crippen LogP contribution is 2.23. The van der Waals surface area contributed by atoms with Crippen molar-refractivity contribution in [3.8, 4) is 11.5 Å². The molecule has 1 saturated heterocycles. The fourth-order valence-electron chi connectivity index (χ4n) is 4.76. The van der Waals surface area contributed by atoms with E-state index >= 15 is 0 Å². The van der Waals surface area contributed by atoms with Crippen LogP contribution >= 0.6 is 0 Å². The van der Waals surface area contributed by atoms with Crippen molar-refractivity contribution in [1.82, 2.24) is 20.5 Å². The van der Waals surface area contributed by atoms with Crippen LogP contribution in [-0.2, 0) is 29.2 Å². The number of pyridine rings is 1. The standard InChI is InChI=1S/C32H40N4O4/c1-3-18-39-30-12-9-27(19-24(30)2)22-36(29-6-4-5-15-35-32(29)38)31(37)23-40-28-10-7-25(8-11-28)20-34-21-26-13-16-33-17-14-26/h7-14,16-17,19,29,34H,3-6,15,18,20-23H2,1-2H3,(H,35,38)/t29-/m0/s1. The molecule has 1 aliphatic heterocycles. The summed E-state index contributed by atoms with van der Waals surface area (Å²) in [5, 5.41) is 6.38. The number of aromatic nitrogens is 1. The molecular formula is C32H40N4O4. The average molecular weight is 545 g/mol. The second-order valence-electron chi connectivity index (χ2n) is 10.2. The number of carbonyl (C=O) groups is 2. The molecule has 0 bridgehead atoms. The maximum Gasteiger partial charge on any atom is 0.261 e. The van der Waals surface area contributed by atoms with Gasteiger partial charge in [-0.15, -0.1) is 0 Å². The van der Waals surface area contributed by atoms with Crippen LogP contribution in [0.2, 0.25) is 0 Å². The molecule has 0 saturated carbocycles. The van der Waals surface area contributed by atoms with Crippen LogP contribution in [0.1, 0.15) is 54.9 Å². The van der Waals surface area contributed by atoms with Crippen LogP contribution in [0.25, 0.3) is 0 Å². The van der Waals surface area contributed by atoms with E-state index in [-0.39, 0.29) is 18.4 Å². The Labute approximate surface area is 237 Å². The Hall–Kier alpha value is -3.91. The van der Waals surface area contributed by atoms with Crippen molar-refractivity contribution in [2.24, 2.45) is 0 Å². The van der Waals surface area contributed by atoms with Crippen molar-refractivity contribution in [2.45, 2.75) is 65.2 Å². The summed E-state index contributed by atoms with van der Waals surface area (Å²) in [6.07, 6.45) is 6.93. The third kappa shape index (κ3) is 8.55. The monoisotopic (exact) mass is 544 g/mol. The normalized spacial score (nSPS) is 15.2. The number of hydrogen-bond donors (Lipinski definition) is 2. The van der Waals surface area contributed by atoms with Crippen molar-refractivity contribution in [3.63, 3.8) is 0 Å². The number of aryl methyl sites for hydroxylation is 1. The van der Waals surface area contributed by atoms with Gasteiger partial charge in [0, 0.05) is 38.6 Å². The van der Waals surface area contributed by atoms with Crippen LogP contribution in [0.4, 0.5) is 0 Å². The van der Waals surface area contributed by atoms with E-state index in [1.807, 2.05) is 61.5 Å². The molecule has 2 heterocycles. The number of rotatable bonds is 13. The second-order valence-corrected chi connectivity index (χ2v) is 10.2. The van der Waals surface area contributed by atoms with Gasteiger partial charge in [0.1, 0.15) is 17.5 Å². The van der Waals surface area contributed by atoms with Crippen LogP contribution in [0.15, 0.2) is 67.0 Å². The summed E-state index contributed by atoms with van der Waals surface area (Å²) in [7, 11) is 0. The summed E-state index contributed by atoms with van der Waals surface area (Å²) >= 11 is 0. The van der Waals surface area contributed by atoms with Gasteiger partial charge in [0.05, 0.1) is 6.61 Å². The van der Waals surface area contributed by atoms with Crippen LogP contribution in [0.5, 0.6) is 11.5 Å². The lowest BCUT2D eigenvalue weighted by Crippen LogP contribution is -2.49. The molecule has 0 spiro atoms. The van der Waals surface area contributed by atoms with Crippen molar-refractivity contribution in [3.05, 3.63) is 89.2 Å². The molecule has 2 N–H and O–H groups in total. The minimum Gasteiger partial charge on any atom is -0.493 e. The fourth-order valence-corrected chi connectivity index (χ4v) is 4.76. The maximum atomic E-state index is 13.5. The Balaban J connectivity index is 1.37. The van der Waals surface area contributed by atoms with Gasteiger partial charge in [-0.2, -0.15) is 0 Å². The van der Waals surface area contributed by atoms with Gasteiger partial charge in [0.25, 0.3) is 5.91 Å². The molecule has 1 fully saturated rings. The van der Waals surface area contributed by atoms with Gasteiger partial charge in [-0.25, -0.2) is 0 Å². The minimum atomic E-state index is -0.524. The first-order chi connectivity index (χ1) is 19.5. The Kier molecular flexibility index (Phi) is 10.9. The summed E-state index contributed by atoms with van der Waals surface area (Å²) in [5.74, 6) is 1.14. The predicted molar refractivity (Wildman–Crippen MR) is 155 cm³/mol. The SMILES string of the molecule is CCCOc1ccc(CN(C(=O)COc2ccc(CNCc3ccncc3)cc2)[C@H]2CCCCNC2=O)cc1C. The number of amides is 2. The summed E-state index contributed by atoms with van der Waals surface area (Å²) < 4.78 is 11.7. The molecule has 0 radical (unpaired) electrons. The molecule has 0 aliphatic carbocycles.